The Kier molecular flexibility index (Phi) is 6.47. The van der Waals surface area contributed by atoms with Gasteiger partial charge in [-0.3, -0.25) is 0 Å². The van der Waals surface area contributed by atoms with Crippen molar-refractivity contribution in [1.29, 1.82) is 0 Å². The van der Waals surface area contributed by atoms with Crippen LogP contribution in [0.2, 0.25) is 0 Å². The van der Waals surface area contributed by atoms with E-state index in [2.05, 4.69) is 176 Å². The van der Waals surface area contributed by atoms with E-state index in [1.807, 2.05) is 0 Å². The topological polar surface area (TPSA) is 30.7 Å². The molecule has 1 aliphatic carbocycles. The van der Waals surface area contributed by atoms with Crippen LogP contribution in [0.25, 0.3) is 92.4 Å². The van der Waals surface area contributed by atoms with Gasteiger partial charge in [-0.15, -0.1) is 11.3 Å². The zero-order valence-electron chi connectivity index (χ0n) is 29.3. The normalized spacial score (nSPS) is 13.2. The number of nitrogens with zero attached hydrogens (tertiary/aromatic N) is 3. The molecular formula is C49H33N3S. The third-order valence-corrected chi connectivity index (χ3v) is 12.6. The van der Waals surface area contributed by atoms with Gasteiger partial charge in [-0.1, -0.05) is 135 Å². The molecule has 0 amide bonds. The molecule has 0 unspecified atom stereocenters. The SMILES string of the molecule is CC1(C)c2ccccc2-c2ccc(-c3cccc4c3sc3c(-c5cccc(-c6cccc(-n7c8ccccc8c8ccccc87)c6)c5)ncnc34)cc21. The van der Waals surface area contributed by atoms with Crippen molar-refractivity contribution in [3.63, 3.8) is 0 Å². The van der Waals surface area contributed by atoms with Gasteiger partial charge in [0, 0.05) is 37.5 Å². The Morgan fingerprint density at radius 3 is 1.94 bits per heavy atom. The molecular weight excluding hydrogens is 663 g/mol. The van der Waals surface area contributed by atoms with Crippen molar-refractivity contribution in [1.82, 2.24) is 14.5 Å². The van der Waals surface area contributed by atoms with Crippen LogP contribution in [0.5, 0.6) is 0 Å². The highest BCUT2D eigenvalue weighted by atomic mass is 32.1. The summed E-state index contributed by atoms with van der Waals surface area (Å²) in [6.45, 7) is 4.69. The fourth-order valence-electron chi connectivity index (χ4n) is 8.77. The van der Waals surface area contributed by atoms with Crippen molar-refractivity contribution in [3.8, 4) is 50.3 Å². The lowest BCUT2D eigenvalue weighted by Crippen LogP contribution is -2.14. The van der Waals surface area contributed by atoms with Crippen LogP contribution < -0.4 is 0 Å². The minimum Gasteiger partial charge on any atom is -0.309 e. The van der Waals surface area contributed by atoms with Gasteiger partial charge in [-0.05, 0) is 80.9 Å². The first-order chi connectivity index (χ1) is 26.0. The number of benzene rings is 7. The van der Waals surface area contributed by atoms with Crippen molar-refractivity contribution >= 4 is 53.4 Å². The van der Waals surface area contributed by atoms with Crippen LogP contribution in [0.3, 0.4) is 0 Å². The van der Waals surface area contributed by atoms with Crippen LogP contribution in [-0.2, 0) is 5.41 Å². The monoisotopic (exact) mass is 695 g/mol. The van der Waals surface area contributed by atoms with Gasteiger partial charge in [-0.25, -0.2) is 9.97 Å². The van der Waals surface area contributed by atoms with E-state index >= 15 is 0 Å². The molecule has 1 aliphatic rings. The second-order valence-electron chi connectivity index (χ2n) is 14.6. The number of para-hydroxylation sites is 2. The second kappa shape index (κ2) is 11.3. The van der Waals surface area contributed by atoms with E-state index in [0.29, 0.717) is 0 Å². The zero-order valence-corrected chi connectivity index (χ0v) is 30.2. The minimum atomic E-state index is -0.0529. The van der Waals surface area contributed by atoms with Crippen molar-refractivity contribution in [3.05, 3.63) is 175 Å². The molecule has 53 heavy (non-hydrogen) atoms. The number of aromatic nitrogens is 3. The highest BCUT2D eigenvalue weighted by molar-refractivity contribution is 7.26. The largest absolute Gasteiger partial charge is 0.309 e. The second-order valence-corrected chi connectivity index (χ2v) is 15.6. The van der Waals surface area contributed by atoms with Crippen LogP contribution in [0.15, 0.2) is 164 Å². The van der Waals surface area contributed by atoms with E-state index in [0.717, 1.165) is 38.3 Å². The number of rotatable bonds is 4. The van der Waals surface area contributed by atoms with Crippen LogP contribution in [0.1, 0.15) is 25.0 Å². The number of hydrogen-bond donors (Lipinski definition) is 0. The Morgan fingerprint density at radius 2 is 1.11 bits per heavy atom. The lowest BCUT2D eigenvalue weighted by molar-refractivity contribution is 0.660. The predicted octanol–water partition coefficient (Wildman–Crippen LogP) is 13.2. The first-order valence-electron chi connectivity index (χ1n) is 18.1. The van der Waals surface area contributed by atoms with Gasteiger partial charge < -0.3 is 4.57 Å². The molecule has 3 nitrogen and oxygen atoms in total. The molecule has 11 rings (SSSR count). The van der Waals surface area contributed by atoms with Gasteiger partial charge >= 0.3 is 0 Å². The summed E-state index contributed by atoms with van der Waals surface area (Å²) in [5.41, 5.74) is 16.8. The molecule has 0 saturated heterocycles. The summed E-state index contributed by atoms with van der Waals surface area (Å²) < 4.78 is 4.73. The third-order valence-electron chi connectivity index (χ3n) is 11.3. The Labute approximate surface area is 311 Å². The Morgan fingerprint density at radius 1 is 0.472 bits per heavy atom. The minimum absolute atomic E-state index is 0.0529. The molecule has 0 aliphatic heterocycles. The third kappa shape index (κ3) is 4.46. The predicted molar refractivity (Wildman–Crippen MR) is 223 cm³/mol. The molecule has 7 aromatic carbocycles. The average Bonchev–Trinajstić information content (AvgIpc) is 3.84. The summed E-state index contributed by atoms with van der Waals surface area (Å²) in [7, 11) is 0. The van der Waals surface area contributed by atoms with Crippen molar-refractivity contribution < 1.29 is 0 Å². The zero-order chi connectivity index (χ0) is 35.3. The van der Waals surface area contributed by atoms with Gasteiger partial charge in [-0.2, -0.15) is 0 Å². The molecule has 0 fully saturated rings. The molecule has 10 aromatic rings. The summed E-state index contributed by atoms with van der Waals surface area (Å²) in [4.78, 5) is 9.79. The fraction of sp³-hybridized carbons (Fsp3) is 0.0612. The molecule has 0 atom stereocenters. The highest BCUT2D eigenvalue weighted by Gasteiger charge is 2.35. The molecule has 0 spiro atoms. The number of fused-ring (bicyclic) bond motifs is 9. The lowest BCUT2D eigenvalue weighted by atomic mass is 9.81. The Hall–Kier alpha value is -6.36. The van der Waals surface area contributed by atoms with E-state index in [9.17, 15) is 0 Å². The summed E-state index contributed by atoms with van der Waals surface area (Å²) in [5, 5.41) is 3.70. The van der Waals surface area contributed by atoms with E-state index in [1.165, 1.54) is 65.3 Å². The number of hydrogen-bond acceptors (Lipinski definition) is 3. The van der Waals surface area contributed by atoms with E-state index in [4.69, 9.17) is 9.97 Å². The molecule has 250 valence electrons. The Bertz CT molecular complexity index is 3050. The van der Waals surface area contributed by atoms with Crippen molar-refractivity contribution in [2.45, 2.75) is 19.3 Å². The molecule has 0 bridgehead atoms. The van der Waals surface area contributed by atoms with Crippen LogP contribution in [0, 0.1) is 0 Å². The average molecular weight is 696 g/mol. The van der Waals surface area contributed by atoms with Crippen molar-refractivity contribution in [2.24, 2.45) is 0 Å². The maximum Gasteiger partial charge on any atom is 0.116 e. The molecule has 3 heterocycles. The van der Waals surface area contributed by atoms with Crippen LogP contribution in [-0.4, -0.2) is 14.5 Å². The van der Waals surface area contributed by atoms with Gasteiger partial charge in [0.05, 0.1) is 26.9 Å². The van der Waals surface area contributed by atoms with Crippen LogP contribution >= 0.6 is 11.3 Å². The molecule has 4 heteroatoms. The summed E-state index contributed by atoms with van der Waals surface area (Å²) in [6, 6.07) is 57.5. The van der Waals surface area contributed by atoms with Gasteiger partial charge in [0.2, 0.25) is 0 Å². The van der Waals surface area contributed by atoms with Crippen LogP contribution in [0.4, 0.5) is 0 Å². The highest BCUT2D eigenvalue weighted by Crippen LogP contribution is 2.50. The number of thiophene rings is 1. The Balaban J connectivity index is 1.02. The quantitative estimate of drug-likeness (QED) is 0.183. The molecule has 0 N–H and O–H groups in total. The standard InChI is InChI=1S/C49H33N3S/c1-49(2)41-21-6-3-16-36(41)37-25-24-32(28-42(37)49)35-19-11-20-40-46-48(53-47(35)40)45(50-29-51-46)33-14-9-12-30(26-33)31-13-10-15-34(27-31)52-43-22-7-4-17-38(43)39-18-5-8-23-44(39)52/h3-29H,1-2H3. The molecule has 0 saturated carbocycles. The van der Waals surface area contributed by atoms with Gasteiger partial charge in [0.25, 0.3) is 0 Å². The van der Waals surface area contributed by atoms with E-state index in [-0.39, 0.29) is 5.41 Å². The van der Waals surface area contributed by atoms with E-state index in [1.54, 1.807) is 17.7 Å². The summed E-state index contributed by atoms with van der Waals surface area (Å²) in [6.07, 6.45) is 1.72. The summed E-state index contributed by atoms with van der Waals surface area (Å²) >= 11 is 1.80. The summed E-state index contributed by atoms with van der Waals surface area (Å²) in [5.74, 6) is 0. The first-order valence-corrected chi connectivity index (χ1v) is 19.0. The smallest absolute Gasteiger partial charge is 0.116 e. The first kappa shape index (κ1) is 30.3. The fourth-order valence-corrected chi connectivity index (χ4v) is 10.1. The maximum atomic E-state index is 4.92. The molecule has 3 aromatic heterocycles. The molecule has 0 radical (unpaired) electrons. The van der Waals surface area contributed by atoms with E-state index < -0.39 is 0 Å². The maximum absolute atomic E-state index is 4.92. The van der Waals surface area contributed by atoms with Gasteiger partial charge in [0.1, 0.15) is 6.33 Å². The lowest BCUT2D eigenvalue weighted by Gasteiger charge is -2.22. The van der Waals surface area contributed by atoms with Crippen molar-refractivity contribution in [2.75, 3.05) is 0 Å². The van der Waals surface area contributed by atoms with Gasteiger partial charge in [0.15, 0.2) is 0 Å².